The van der Waals surface area contributed by atoms with E-state index in [2.05, 4.69) is 31.4 Å². The van der Waals surface area contributed by atoms with Crippen LogP contribution in [0.4, 0.5) is 5.69 Å². The molecule has 0 aliphatic rings. The second kappa shape index (κ2) is 8.04. The van der Waals surface area contributed by atoms with E-state index in [4.69, 9.17) is 0 Å². The lowest BCUT2D eigenvalue weighted by atomic mass is 9.87. The molecule has 2 aromatic rings. The Morgan fingerprint density at radius 3 is 2.42 bits per heavy atom. The standard InChI is InChI=1S/C21H26N2O3/c1-14-7-5-6-8-16(14)20(26)22-12-11-19(25)23-17-13-15(21(2,3)4)9-10-18(17)24/h5-10,13,24H,11-12H2,1-4H3,(H,22,26)(H,23,25). The van der Waals surface area contributed by atoms with Crippen LogP contribution in [0.5, 0.6) is 5.75 Å². The van der Waals surface area contributed by atoms with E-state index < -0.39 is 0 Å². The molecule has 26 heavy (non-hydrogen) atoms. The quantitative estimate of drug-likeness (QED) is 0.716. The zero-order valence-electron chi connectivity index (χ0n) is 15.7. The van der Waals surface area contributed by atoms with E-state index in [9.17, 15) is 14.7 Å². The van der Waals surface area contributed by atoms with Crippen molar-refractivity contribution in [3.8, 4) is 5.75 Å². The maximum absolute atomic E-state index is 12.1. The summed E-state index contributed by atoms with van der Waals surface area (Å²) in [6, 6.07) is 12.5. The third kappa shape index (κ3) is 5.09. The number of nitrogens with one attached hydrogen (secondary N) is 2. The van der Waals surface area contributed by atoms with Crippen LogP contribution in [0.2, 0.25) is 0 Å². The maximum atomic E-state index is 12.1. The normalized spacial score (nSPS) is 11.1. The molecular formula is C21H26N2O3. The van der Waals surface area contributed by atoms with Gasteiger partial charge in [-0.25, -0.2) is 0 Å². The lowest BCUT2D eigenvalue weighted by Crippen LogP contribution is -2.28. The van der Waals surface area contributed by atoms with Gasteiger partial charge in [0.2, 0.25) is 5.91 Å². The largest absolute Gasteiger partial charge is 0.506 e. The van der Waals surface area contributed by atoms with Crippen LogP contribution in [0.1, 0.15) is 48.7 Å². The van der Waals surface area contributed by atoms with Gasteiger partial charge in [-0.3, -0.25) is 9.59 Å². The van der Waals surface area contributed by atoms with Gasteiger partial charge in [-0.2, -0.15) is 0 Å². The fourth-order valence-corrected chi connectivity index (χ4v) is 2.53. The van der Waals surface area contributed by atoms with E-state index in [-0.39, 0.29) is 35.9 Å². The van der Waals surface area contributed by atoms with E-state index in [0.717, 1.165) is 11.1 Å². The van der Waals surface area contributed by atoms with Gasteiger partial charge in [0.25, 0.3) is 5.91 Å². The summed E-state index contributed by atoms with van der Waals surface area (Å²) in [5.41, 5.74) is 2.79. The molecule has 0 fully saturated rings. The molecule has 0 saturated heterocycles. The Morgan fingerprint density at radius 1 is 1.08 bits per heavy atom. The minimum atomic E-state index is -0.267. The Bertz CT molecular complexity index is 807. The van der Waals surface area contributed by atoms with Gasteiger partial charge in [0.05, 0.1) is 5.69 Å². The van der Waals surface area contributed by atoms with Crippen LogP contribution >= 0.6 is 0 Å². The average Bonchev–Trinajstić information content (AvgIpc) is 2.56. The van der Waals surface area contributed by atoms with Crippen molar-refractivity contribution in [2.45, 2.75) is 39.5 Å². The van der Waals surface area contributed by atoms with Crippen LogP contribution in [-0.2, 0) is 10.2 Å². The van der Waals surface area contributed by atoms with Crippen LogP contribution in [0.15, 0.2) is 42.5 Å². The third-order valence-corrected chi connectivity index (χ3v) is 4.16. The van der Waals surface area contributed by atoms with Crippen molar-refractivity contribution in [1.29, 1.82) is 0 Å². The summed E-state index contributed by atoms with van der Waals surface area (Å²) in [6.07, 6.45) is 0.122. The zero-order chi connectivity index (χ0) is 19.3. The van der Waals surface area contributed by atoms with E-state index >= 15 is 0 Å². The molecule has 138 valence electrons. The molecule has 5 heteroatoms. The number of aromatic hydroxyl groups is 1. The highest BCUT2D eigenvalue weighted by Gasteiger charge is 2.16. The highest BCUT2D eigenvalue weighted by molar-refractivity contribution is 5.96. The van der Waals surface area contributed by atoms with Crippen LogP contribution in [-0.4, -0.2) is 23.5 Å². The number of carbonyl (C=O) groups excluding carboxylic acids is 2. The average molecular weight is 354 g/mol. The molecule has 0 spiro atoms. The Kier molecular flexibility index (Phi) is 6.03. The Balaban J connectivity index is 1.91. The van der Waals surface area contributed by atoms with Crippen molar-refractivity contribution in [1.82, 2.24) is 5.32 Å². The van der Waals surface area contributed by atoms with Gasteiger partial charge in [0, 0.05) is 18.5 Å². The lowest BCUT2D eigenvalue weighted by molar-refractivity contribution is -0.116. The minimum absolute atomic E-state index is 0.0234. The summed E-state index contributed by atoms with van der Waals surface area (Å²) in [5.74, 6) is -0.444. The summed E-state index contributed by atoms with van der Waals surface area (Å²) in [6.45, 7) is 8.27. The third-order valence-electron chi connectivity index (χ3n) is 4.16. The summed E-state index contributed by atoms with van der Waals surface area (Å²) in [7, 11) is 0. The molecule has 0 aromatic heterocycles. The molecule has 2 rings (SSSR count). The van der Waals surface area contributed by atoms with Crippen molar-refractivity contribution in [2.24, 2.45) is 0 Å². The fourth-order valence-electron chi connectivity index (χ4n) is 2.53. The molecule has 0 unspecified atom stereocenters. The van der Waals surface area contributed by atoms with Gasteiger partial charge in [-0.1, -0.05) is 45.0 Å². The first-order chi connectivity index (χ1) is 12.2. The summed E-state index contributed by atoms with van der Waals surface area (Å²) in [4.78, 5) is 24.3. The fraction of sp³-hybridized carbons (Fsp3) is 0.333. The predicted octanol–water partition coefficient (Wildman–Crippen LogP) is 3.76. The summed E-state index contributed by atoms with van der Waals surface area (Å²) >= 11 is 0. The molecule has 3 N–H and O–H groups in total. The number of benzene rings is 2. The Morgan fingerprint density at radius 2 is 1.77 bits per heavy atom. The highest BCUT2D eigenvalue weighted by atomic mass is 16.3. The Labute approximate surface area is 154 Å². The molecule has 0 heterocycles. The zero-order valence-corrected chi connectivity index (χ0v) is 15.7. The van der Waals surface area contributed by atoms with Crippen molar-refractivity contribution < 1.29 is 14.7 Å². The number of amides is 2. The van der Waals surface area contributed by atoms with Gasteiger partial charge in [-0.15, -0.1) is 0 Å². The minimum Gasteiger partial charge on any atom is -0.506 e. The topological polar surface area (TPSA) is 78.4 Å². The molecule has 2 amide bonds. The highest BCUT2D eigenvalue weighted by Crippen LogP contribution is 2.30. The number of phenols is 1. The van der Waals surface area contributed by atoms with Crippen LogP contribution in [0.25, 0.3) is 0 Å². The van der Waals surface area contributed by atoms with Crippen molar-refractivity contribution in [3.63, 3.8) is 0 Å². The molecule has 0 saturated carbocycles. The molecule has 2 aromatic carbocycles. The smallest absolute Gasteiger partial charge is 0.251 e. The number of rotatable bonds is 5. The van der Waals surface area contributed by atoms with Gasteiger partial charge in [0.15, 0.2) is 0 Å². The van der Waals surface area contributed by atoms with E-state index in [0.29, 0.717) is 11.3 Å². The molecule has 0 aliphatic heterocycles. The summed E-state index contributed by atoms with van der Waals surface area (Å²) < 4.78 is 0. The van der Waals surface area contributed by atoms with Crippen LogP contribution in [0, 0.1) is 6.92 Å². The molecule has 0 atom stereocenters. The van der Waals surface area contributed by atoms with Crippen molar-refractivity contribution in [3.05, 3.63) is 59.2 Å². The SMILES string of the molecule is Cc1ccccc1C(=O)NCCC(=O)Nc1cc(C(C)(C)C)ccc1O. The molecule has 0 aliphatic carbocycles. The number of hydrogen-bond acceptors (Lipinski definition) is 3. The van der Waals surface area contributed by atoms with Gasteiger partial charge in [-0.05, 0) is 41.7 Å². The van der Waals surface area contributed by atoms with Crippen molar-refractivity contribution in [2.75, 3.05) is 11.9 Å². The Hall–Kier alpha value is -2.82. The molecule has 5 nitrogen and oxygen atoms in total. The number of hydrogen-bond donors (Lipinski definition) is 3. The summed E-state index contributed by atoms with van der Waals surface area (Å²) in [5, 5.41) is 15.4. The first kappa shape index (κ1) is 19.5. The van der Waals surface area contributed by atoms with Crippen molar-refractivity contribution >= 4 is 17.5 Å². The van der Waals surface area contributed by atoms with E-state index in [1.54, 1.807) is 24.3 Å². The molecule has 0 radical (unpaired) electrons. The second-order valence-corrected chi connectivity index (χ2v) is 7.35. The monoisotopic (exact) mass is 354 g/mol. The predicted molar refractivity (Wildman–Crippen MR) is 104 cm³/mol. The molecular weight excluding hydrogens is 328 g/mol. The van der Waals surface area contributed by atoms with Gasteiger partial charge < -0.3 is 15.7 Å². The number of carbonyl (C=O) groups is 2. The van der Waals surface area contributed by atoms with E-state index in [1.165, 1.54) is 0 Å². The number of phenolic OH excluding ortho intramolecular Hbond substituents is 1. The molecule has 0 bridgehead atoms. The number of aryl methyl sites for hydroxylation is 1. The lowest BCUT2D eigenvalue weighted by Gasteiger charge is -2.20. The first-order valence-electron chi connectivity index (χ1n) is 8.65. The first-order valence-corrected chi connectivity index (χ1v) is 8.65. The van der Waals surface area contributed by atoms with Crippen LogP contribution < -0.4 is 10.6 Å². The number of anilines is 1. The van der Waals surface area contributed by atoms with Gasteiger partial charge in [0.1, 0.15) is 5.75 Å². The van der Waals surface area contributed by atoms with E-state index in [1.807, 2.05) is 25.1 Å². The van der Waals surface area contributed by atoms with Crippen LogP contribution in [0.3, 0.4) is 0 Å². The van der Waals surface area contributed by atoms with Gasteiger partial charge >= 0.3 is 0 Å². The second-order valence-electron chi connectivity index (χ2n) is 7.35. The maximum Gasteiger partial charge on any atom is 0.251 e.